The largest absolute Gasteiger partial charge is 0.445 e. The van der Waals surface area contributed by atoms with Gasteiger partial charge in [0.1, 0.15) is 0 Å². The molecule has 3 nitrogen and oxygen atoms in total. The lowest BCUT2D eigenvalue weighted by Crippen LogP contribution is -2.07. The van der Waals surface area contributed by atoms with Crippen LogP contribution in [-0.4, -0.2) is 18.8 Å². The Kier molecular flexibility index (Phi) is 3.81. The lowest BCUT2D eigenvalue weighted by atomic mass is 10.2. The van der Waals surface area contributed by atoms with Gasteiger partial charge in [-0.3, -0.25) is 4.52 Å². The second-order valence-electron chi connectivity index (χ2n) is 3.06. The molecule has 0 saturated carbocycles. The molecule has 0 amide bonds. The number of rotatable bonds is 4. The van der Waals surface area contributed by atoms with Gasteiger partial charge in [-0.1, -0.05) is 30.3 Å². The summed E-state index contributed by atoms with van der Waals surface area (Å²) in [6.45, 7) is 0.0206. The zero-order valence-electron chi connectivity index (χ0n) is 8.18. The molecule has 0 aromatic heterocycles. The Morgan fingerprint density at radius 2 is 1.93 bits per heavy atom. The van der Waals surface area contributed by atoms with E-state index < -0.39 is 7.83 Å². The third-order valence-corrected chi connectivity index (χ3v) is 3.11. The highest BCUT2D eigenvalue weighted by atomic mass is 31.2. The molecule has 0 fully saturated rings. The van der Waals surface area contributed by atoms with Crippen LogP contribution in [0.5, 0.6) is 0 Å². The maximum absolute atomic E-state index is 13.2. The quantitative estimate of drug-likeness (QED) is 0.726. The molecule has 1 aromatic carbocycles. The molecule has 5 heteroatoms. The first-order valence-corrected chi connectivity index (χ1v) is 5.65. The predicted molar refractivity (Wildman–Crippen MR) is 53.6 cm³/mol. The van der Waals surface area contributed by atoms with Gasteiger partial charge in [-0.2, -0.15) is 0 Å². The molecule has 0 aliphatic heterocycles. The van der Waals surface area contributed by atoms with Gasteiger partial charge in [0, 0.05) is 0 Å². The molecular formula is C9H13FNO2P. The second kappa shape index (κ2) is 4.69. The molecule has 1 atom stereocenters. The van der Waals surface area contributed by atoms with Crippen LogP contribution in [0.15, 0.2) is 30.3 Å². The molecule has 0 bridgehead atoms. The second-order valence-corrected chi connectivity index (χ2v) is 5.02. The van der Waals surface area contributed by atoms with Crippen molar-refractivity contribution in [1.29, 1.82) is 0 Å². The van der Waals surface area contributed by atoms with Gasteiger partial charge in [-0.15, -0.1) is 4.20 Å². The maximum atomic E-state index is 13.2. The minimum atomic E-state index is -4.10. The van der Waals surface area contributed by atoms with E-state index in [1.807, 2.05) is 18.2 Å². The van der Waals surface area contributed by atoms with E-state index in [9.17, 15) is 8.76 Å². The van der Waals surface area contributed by atoms with Gasteiger partial charge >= 0.3 is 7.83 Å². The van der Waals surface area contributed by atoms with Gasteiger partial charge in [0.2, 0.25) is 0 Å². The van der Waals surface area contributed by atoms with Crippen LogP contribution >= 0.6 is 7.83 Å². The molecule has 0 aliphatic rings. The van der Waals surface area contributed by atoms with Gasteiger partial charge < -0.3 is 0 Å². The molecule has 0 radical (unpaired) electrons. The zero-order chi connectivity index (χ0) is 10.6. The van der Waals surface area contributed by atoms with E-state index in [1.165, 1.54) is 14.1 Å². The van der Waals surface area contributed by atoms with E-state index >= 15 is 0 Å². The van der Waals surface area contributed by atoms with Crippen molar-refractivity contribution in [3.8, 4) is 0 Å². The van der Waals surface area contributed by atoms with Gasteiger partial charge in [0.05, 0.1) is 6.61 Å². The van der Waals surface area contributed by atoms with Crippen LogP contribution in [0.25, 0.3) is 0 Å². The summed E-state index contributed by atoms with van der Waals surface area (Å²) in [6.07, 6.45) is 0. The Morgan fingerprint density at radius 1 is 1.36 bits per heavy atom. The molecule has 1 rings (SSSR count). The summed E-state index contributed by atoms with van der Waals surface area (Å²) in [5.74, 6) is 0. The molecule has 78 valence electrons. The Hall–Kier alpha value is -0.700. The fourth-order valence-corrected chi connectivity index (χ4v) is 1.38. The average Bonchev–Trinajstić information content (AvgIpc) is 2.16. The normalized spacial score (nSPS) is 15.4. The summed E-state index contributed by atoms with van der Waals surface area (Å²) in [5.41, 5.74) is 0.798. The van der Waals surface area contributed by atoms with Crippen LogP contribution in [0.3, 0.4) is 0 Å². The number of benzene rings is 1. The van der Waals surface area contributed by atoms with Crippen molar-refractivity contribution in [2.75, 3.05) is 14.1 Å². The van der Waals surface area contributed by atoms with Crippen LogP contribution in [0.1, 0.15) is 5.56 Å². The summed E-state index contributed by atoms with van der Waals surface area (Å²) < 4.78 is 29.9. The highest BCUT2D eigenvalue weighted by Gasteiger charge is 2.25. The van der Waals surface area contributed by atoms with Gasteiger partial charge in [0.25, 0.3) is 0 Å². The lowest BCUT2D eigenvalue weighted by molar-refractivity contribution is 0.241. The van der Waals surface area contributed by atoms with Crippen molar-refractivity contribution in [3.05, 3.63) is 35.9 Å². The monoisotopic (exact) mass is 217 g/mol. The first-order chi connectivity index (χ1) is 6.52. The van der Waals surface area contributed by atoms with E-state index in [0.717, 1.165) is 10.2 Å². The van der Waals surface area contributed by atoms with E-state index in [2.05, 4.69) is 0 Å². The summed E-state index contributed by atoms with van der Waals surface area (Å²) in [5, 5.41) is 0. The van der Waals surface area contributed by atoms with E-state index in [-0.39, 0.29) is 6.61 Å². The van der Waals surface area contributed by atoms with Crippen molar-refractivity contribution < 1.29 is 13.3 Å². The minimum absolute atomic E-state index is 0.0206. The van der Waals surface area contributed by atoms with Crippen LogP contribution < -0.4 is 0 Å². The Balaban J connectivity index is 2.54. The Labute approximate surface area is 83.1 Å². The van der Waals surface area contributed by atoms with Crippen LogP contribution in [0, 0.1) is 0 Å². The number of halogens is 1. The topological polar surface area (TPSA) is 29.5 Å². The Bertz CT molecular complexity index is 329. The van der Waals surface area contributed by atoms with Gasteiger partial charge in [-0.25, -0.2) is 9.24 Å². The van der Waals surface area contributed by atoms with Crippen LogP contribution in [0.2, 0.25) is 0 Å². The third kappa shape index (κ3) is 3.22. The van der Waals surface area contributed by atoms with Crippen molar-refractivity contribution in [3.63, 3.8) is 0 Å². The average molecular weight is 217 g/mol. The molecule has 1 aromatic rings. The molecule has 0 spiro atoms. The molecule has 14 heavy (non-hydrogen) atoms. The highest BCUT2D eigenvalue weighted by molar-refractivity contribution is 7.50. The summed E-state index contributed by atoms with van der Waals surface area (Å²) >= 11 is 0. The third-order valence-electron chi connectivity index (χ3n) is 1.71. The van der Waals surface area contributed by atoms with Crippen molar-refractivity contribution in [1.82, 2.24) is 4.67 Å². The van der Waals surface area contributed by atoms with Gasteiger partial charge in [-0.05, 0) is 19.7 Å². The number of hydrogen-bond acceptors (Lipinski definition) is 2. The standard InChI is InChI=1S/C9H13FNO2P/c1-11(2)14(10,12)13-8-9-6-4-3-5-7-9/h3-7H,8H2,1-2H3. The fraction of sp³-hybridized carbons (Fsp3) is 0.333. The predicted octanol–water partition coefficient (Wildman–Crippen LogP) is 2.84. The SMILES string of the molecule is CN(C)P(=O)(F)OCc1ccccc1. The molecule has 0 saturated heterocycles. The number of hydrogen-bond donors (Lipinski definition) is 0. The molecule has 0 heterocycles. The summed E-state index contributed by atoms with van der Waals surface area (Å²) in [4.78, 5) is 0. The minimum Gasteiger partial charge on any atom is -0.289 e. The first kappa shape index (κ1) is 11.4. The number of nitrogens with zero attached hydrogens (tertiary/aromatic N) is 1. The molecular weight excluding hydrogens is 204 g/mol. The fourth-order valence-electron chi connectivity index (χ4n) is 0.844. The van der Waals surface area contributed by atoms with Crippen LogP contribution in [0.4, 0.5) is 4.20 Å². The first-order valence-electron chi connectivity index (χ1n) is 4.18. The Morgan fingerprint density at radius 3 is 2.43 bits per heavy atom. The summed E-state index contributed by atoms with van der Waals surface area (Å²) in [6, 6.07) is 9.06. The van der Waals surface area contributed by atoms with E-state index in [4.69, 9.17) is 4.52 Å². The summed E-state index contributed by atoms with van der Waals surface area (Å²) in [7, 11) is -1.34. The smallest absolute Gasteiger partial charge is 0.289 e. The van der Waals surface area contributed by atoms with Gasteiger partial charge in [0.15, 0.2) is 0 Å². The maximum Gasteiger partial charge on any atom is 0.445 e. The highest BCUT2D eigenvalue weighted by Crippen LogP contribution is 2.50. The van der Waals surface area contributed by atoms with Crippen molar-refractivity contribution in [2.45, 2.75) is 6.61 Å². The lowest BCUT2D eigenvalue weighted by Gasteiger charge is -2.15. The van der Waals surface area contributed by atoms with Crippen molar-refractivity contribution in [2.24, 2.45) is 0 Å². The van der Waals surface area contributed by atoms with Crippen LogP contribution in [-0.2, 0) is 15.7 Å². The van der Waals surface area contributed by atoms with E-state index in [1.54, 1.807) is 12.1 Å². The molecule has 0 N–H and O–H groups in total. The molecule has 0 aliphatic carbocycles. The molecule has 1 unspecified atom stereocenters. The van der Waals surface area contributed by atoms with Crippen molar-refractivity contribution >= 4 is 7.83 Å². The zero-order valence-corrected chi connectivity index (χ0v) is 9.08. The van der Waals surface area contributed by atoms with E-state index in [0.29, 0.717) is 0 Å².